The smallest absolute Gasteiger partial charge is 0.253 e. The Balaban J connectivity index is 0.867. The number of nitrogens with one attached hydrogen (secondary N) is 1. The third-order valence-electron chi connectivity index (χ3n) is 14.3. The Morgan fingerprint density at radius 2 is 1.49 bits per heavy atom. The topological polar surface area (TPSA) is 79.3 Å². The average Bonchev–Trinajstić information content (AvgIpc) is 3.15. The van der Waals surface area contributed by atoms with Gasteiger partial charge in [0.05, 0.1) is 19.8 Å². The van der Waals surface area contributed by atoms with Crippen LogP contribution in [0.25, 0.3) is 11.1 Å². The number of hydrogen-bond donors (Lipinski definition) is 1. The van der Waals surface area contributed by atoms with Gasteiger partial charge in [0.25, 0.3) is 5.56 Å². The molecule has 3 heterocycles. The van der Waals surface area contributed by atoms with Crippen LogP contribution in [-0.4, -0.2) is 97.8 Å². The van der Waals surface area contributed by atoms with Gasteiger partial charge in [-0.15, -0.1) is 0 Å². The van der Waals surface area contributed by atoms with Crippen molar-refractivity contribution in [1.29, 1.82) is 0 Å². The largest absolute Gasteiger partial charge is 0.496 e. The van der Waals surface area contributed by atoms with E-state index >= 15 is 0 Å². The van der Waals surface area contributed by atoms with Crippen molar-refractivity contribution in [2.24, 2.45) is 36.6 Å². The molecule has 4 saturated carbocycles. The summed E-state index contributed by atoms with van der Waals surface area (Å²) in [7, 11) is 6.94. The number of pyridine rings is 1. The van der Waals surface area contributed by atoms with E-state index in [-0.39, 0.29) is 17.4 Å². The number of carbonyl (C=O) groups is 1. The molecule has 278 valence electrons. The monoisotopic (exact) mass is 699 g/mol. The van der Waals surface area contributed by atoms with Crippen molar-refractivity contribution in [3.05, 3.63) is 45.4 Å². The van der Waals surface area contributed by atoms with Gasteiger partial charge in [0.1, 0.15) is 11.5 Å². The Hall–Kier alpha value is -2.88. The van der Waals surface area contributed by atoms with Gasteiger partial charge in [-0.25, -0.2) is 0 Å². The van der Waals surface area contributed by atoms with Crippen LogP contribution in [0.5, 0.6) is 11.5 Å². The van der Waals surface area contributed by atoms with Crippen LogP contribution in [-0.2, 0) is 31.2 Å². The number of fused-ring (bicyclic) bond motifs is 1. The molecule has 9 nitrogen and oxygen atoms in total. The predicted octanol–water partition coefficient (Wildman–Crippen LogP) is 5.11. The molecule has 9 rings (SSSR count). The predicted molar refractivity (Wildman–Crippen MR) is 201 cm³/mol. The van der Waals surface area contributed by atoms with Crippen molar-refractivity contribution in [2.75, 3.05) is 67.1 Å². The molecule has 1 aromatic heterocycles. The first-order valence-electron chi connectivity index (χ1n) is 20.1. The molecule has 9 heteroatoms. The summed E-state index contributed by atoms with van der Waals surface area (Å²) in [5.74, 6) is 5.37. The van der Waals surface area contributed by atoms with Crippen molar-refractivity contribution in [2.45, 2.75) is 89.1 Å². The number of aryl methyl sites for hydroxylation is 1. The van der Waals surface area contributed by atoms with Crippen LogP contribution in [0.4, 0.5) is 0 Å². The van der Waals surface area contributed by atoms with Crippen molar-refractivity contribution < 1.29 is 14.3 Å². The third kappa shape index (κ3) is 6.88. The highest BCUT2D eigenvalue weighted by Gasteiger charge is 2.53. The molecule has 7 aliphatic rings. The van der Waals surface area contributed by atoms with Gasteiger partial charge in [0.2, 0.25) is 5.91 Å². The SMILES string of the molecule is CNC(=O)C1CCc2c(-c3cc(OC)c(CN4CCC(CCN5CCN(C67CC8CC(CC(C8)C6)C7)CC5)CC4)c(OC)c3)cn(C)c(=O)c2C1. The summed E-state index contributed by atoms with van der Waals surface area (Å²) in [6.45, 7) is 9.34. The van der Waals surface area contributed by atoms with Crippen molar-refractivity contribution in [3.63, 3.8) is 0 Å². The van der Waals surface area contributed by atoms with Gasteiger partial charge < -0.3 is 24.3 Å². The number of carbonyl (C=O) groups excluding carboxylic acids is 1. The number of nitrogens with zero attached hydrogens (tertiary/aromatic N) is 4. The van der Waals surface area contributed by atoms with Crippen LogP contribution in [0.1, 0.15) is 80.9 Å². The van der Waals surface area contributed by atoms with E-state index in [0.29, 0.717) is 18.4 Å². The molecule has 5 aliphatic carbocycles. The Kier molecular flexibility index (Phi) is 10.0. The van der Waals surface area contributed by atoms with E-state index in [1.165, 1.54) is 90.5 Å². The maximum absolute atomic E-state index is 13.2. The summed E-state index contributed by atoms with van der Waals surface area (Å²) >= 11 is 0. The molecular formula is C42H61N5O4. The van der Waals surface area contributed by atoms with Crippen LogP contribution >= 0.6 is 0 Å². The normalized spacial score (nSPS) is 30.0. The summed E-state index contributed by atoms with van der Waals surface area (Å²) in [4.78, 5) is 33.9. The quantitative estimate of drug-likeness (QED) is 0.370. The number of benzene rings is 1. The first-order chi connectivity index (χ1) is 24.7. The zero-order valence-electron chi connectivity index (χ0n) is 31.7. The Labute approximate surface area is 305 Å². The molecule has 1 amide bonds. The molecule has 1 atom stereocenters. The molecule has 1 aromatic carbocycles. The first-order valence-corrected chi connectivity index (χ1v) is 20.1. The Morgan fingerprint density at radius 3 is 2.08 bits per heavy atom. The minimum atomic E-state index is -0.174. The number of piperidine rings is 1. The molecule has 4 bridgehead atoms. The Morgan fingerprint density at radius 1 is 0.863 bits per heavy atom. The highest BCUT2D eigenvalue weighted by Crippen LogP contribution is 2.58. The minimum Gasteiger partial charge on any atom is -0.496 e. The van der Waals surface area contributed by atoms with Crippen LogP contribution in [0.3, 0.4) is 0 Å². The molecule has 6 fully saturated rings. The van der Waals surface area contributed by atoms with E-state index in [0.717, 1.165) is 89.0 Å². The van der Waals surface area contributed by atoms with Gasteiger partial charge >= 0.3 is 0 Å². The van der Waals surface area contributed by atoms with E-state index < -0.39 is 0 Å². The number of methoxy groups -OCH3 is 2. The highest BCUT2D eigenvalue weighted by atomic mass is 16.5. The third-order valence-corrected chi connectivity index (χ3v) is 14.3. The molecule has 2 saturated heterocycles. The summed E-state index contributed by atoms with van der Waals surface area (Å²) in [5.41, 5.74) is 5.42. The van der Waals surface area contributed by atoms with Crippen molar-refractivity contribution in [3.8, 4) is 22.6 Å². The summed E-state index contributed by atoms with van der Waals surface area (Å²) in [6, 6.07) is 4.22. The summed E-state index contributed by atoms with van der Waals surface area (Å²) < 4.78 is 13.7. The van der Waals surface area contributed by atoms with Crippen LogP contribution in [0, 0.1) is 29.6 Å². The molecule has 2 aromatic rings. The van der Waals surface area contributed by atoms with E-state index in [1.807, 2.05) is 6.20 Å². The zero-order valence-corrected chi connectivity index (χ0v) is 31.7. The fourth-order valence-electron chi connectivity index (χ4n) is 11.9. The molecular weight excluding hydrogens is 638 g/mol. The van der Waals surface area contributed by atoms with E-state index in [1.54, 1.807) is 32.9 Å². The number of aromatic nitrogens is 1. The highest BCUT2D eigenvalue weighted by molar-refractivity contribution is 5.80. The van der Waals surface area contributed by atoms with Crippen LogP contribution < -0.4 is 20.3 Å². The Bertz CT molecular complexity index is 1590. The van der Waals surface area contributed by atoms with Gasteiger partial charge in [0.15, 0.2) is 0 Å². The molecule has 1 N–H and O–H groups in total. The van der Waals surface area contributed by atoms with E-state index in [2.05, 4.69) is 32.1 Å². The lowest BCUT2D eigenvalue weighted by atomic mass is 9.52. The average molecular weight is 700 g/mol. The second kappa shape index (κ2) is 14.5. The maximum atomic E-state index is 13.2. The second-order valence-electron chi connectivity index (χ2n) is 17.3. The van der Waals surface area contributed by atoms with Crippen molar-refractivity contribution in [1.82, 2.24) is 24.6 Å². The minimum absolute atomic E-state index is 0.00490. The van der Waals surface area contributed by atoms with Gasteiger partial charge in [0, 0.05) is 75.6 Å². The number of piperazine rings is 1. The summed E-state index contributed by atoms with van der Waals surface area (Å²) in [6.07, 6.45) is 16.7. The van der Waals surface area contributed by atoms with Crippen LogP contribution in [0.2, 0.25) is 0 Å². The van der Waals surface area contributed by atoms with Crippen LogP contribution in [0.15, 0.2) is 23.1 Å². The molecule has 51 heavy (non-hydrogen) atoms. The van der Waals surface area contributed by atoms with Gasteiger partial charge in [-0.2, -0.15) is 0 Å². The van der Waals surface area contributed by atoms with E-state index in [4.69, 9.17) is 9.47 Å². The van der Waals surface area contributed by atoms with Gasteiger partial charge in [-0.1, -0.05) is 0 Å². The van der Waals surface area contributed by atoms with Gasteiger partial charge in [-0.05, 0) is 144 Å². The fourth-order valence-corrected chi connectivity index (χ4v) is 11.9. The molecule has 0 spiro atoms. The fraction of sp³-hybridized carbons (Fsp3) is 0.714. The number of rotatable bonds is 10. The second-order valence-corrected chi connectivity index (χ2v) is 17.3. The van der Waals surface area contributed by atoms with E-state index in [9.17, 15) is 9.59 Å². The van der Waals surface area contributed by atoms with Crippen molar-refractivity contribution >= 4 is 5.91 Å². The maximum Gasteiger partial charge on any atom is 0.253 e. The zero-order chi connectivity index (χ0) is 35.3. The standard InChI is InChI=1S/C42H61N5O4/c1-43-40(48)32-5-6-34-35(20-32)41(49)44(2)26-36(34)33-21-38(50-3)37(39(22-33)51-4)27-46-11-8-28(9-12-46)7-10-45-13-15-47(16-14-45)42-23-29-17-30(24-42)19-31(18-29)25-42/h21-22,26,28-32H,5-20,23-25,27H2,1-4H3,(H,43,48). The lowest BCUT2D eigenvalue weighted by Crippen LogP contribution is -2.63. The lowest BCUT2D eigenvalue weighted by molar-refractivity contribution is -0.124. The molecule has 0 radical (unpaired) electrons. The molecule has 2 aliphatic heterocycles. The molecule has 1 unspecified atom stereocenters. The number of amides is 1. The lowest BCUT2D eigenvalue weighted by Gasteiger charge is -2.61. The van der Waals surface area contributed by atoms with Gasteiger partial charge in [-0.3, -0.25) is 19.4 Å². The summed E-state index contributed by atoms with van der Waals surface area (Å²) in [5, 5.41) is 2.77. The first kappa shape index (κ1) is 35.2. The number of hydrogen-bond acceptors (Lipinski definition) is 7. The number of likely N-dealkylation sites (tertiary alicyclic amines) is 1. The number of ether oxygens (including phenoxy) is 2.